The van der Waals surface area contributed by atoms with Gasteiger partial charge in [-0.05, 0) is 27.2 Å². The number of halogens is 1. The summed E-state index contributed by atoms with van der Waals surface area (Å²) in [6.07, 6.45) is 1.12. The third-order valence-corrected chi connectivity index (χ3v) is 3.98. The summed E-state index contributed by atoms with van der Waals surface area (Å²) in [5, 5.41) is 0. The van der Waals surface area contributed by atoms with Crippen LogP contribution in [0.5, 0.6) is 0 Å². The van der Waals surface area contributed by atoms with Gasteiger partial charge < -0.3 is 14.5 Å². The van der Waals surface area contributed by atoms with Crippen molar-refractivity contribution in [3.8, 4) is 0 Å². The van der Waals surface area contributed by atoms with Crippen molar-refractivity contribution in [2.24, 2.45) is 0 Å². The van der Waals surface area contributed by atoms with Gasteiger partial charge in [0.1, 0.15) is 5.60 Å². The van der Waals surface area contributed by atoms with Gasteiger partial charge in [-0.2, -0.15) is 0 Å². The number of rotatable bonds is 1. The SMILES string of the molecule is CC(C)(C)OC(=O)N1CCC(N2CC(Br)CC2=O)C1. The van der Waals surface area contributed by atoms with Crippen molar-refractivity contribution in [1.82, 2.24) is 9.80 Å². The molecule has 0 aromatic carbocycles. The molecule has 2 aliphatic rings. The number of nitrogens with zero attached hydrogens (tertiary/aromatic N) is 2. The van der Waals surface area contributed by atoms with Crippen molar-refractivity contribution in [3.05, 3.63) is 0 Å². The van der Waals surface area contributed by atoms with E-state index in [1.54, 1.807) is 4.90 Å². The van der Waals surface area contributed by atoms with Crippen LogP contribution in [0.3, 0.4) is 0 Å². The largest absolute Gasteiger partial charge is 0.444 e. The Balaban J connectivity index is 1.90. The Morgan fingerprint density at radius 2 is 2.05 bits per heavy atom. The van der Waals surface area contributed by atoms with Crippen LogP contribution in [0.2, 0.25) is 0 Å². The molecule has 0 aromatic rings. The molecule has 2 atom stereocenters. The number of hydrogen-bond acceptors (Lipinski definition) is 3. The van der Waals surface area contributed by atoms with Crippen molar-refractivity contribution in [1.29, 1.82) is 0 Å². The van der Waals surface area contributed by atoms with Crippen molar-refractivity contribution in [2.45, 2.75) is 50.1 Å². The van der Waals surface area contributed by atoms with E-state index in [-0.39, 0.29) is 22.9 Å². The van der Waals surface area contributed by atoms with E-state index in [0.717, 1.165) is 13.0 Å². The second-order valence-electron chi connectivity index (χ2n) is 6.22. The summed E-state index contributed by atoms with van der Waals surface area (Å²) in [5.41, 5.74) is -0.473. The lowest BCUT2D eigenvalue weighted by molar-refractivity contribution is -0.129. The van der Waals surface area contributed by atoms with Gasteiger partial charge in [-0.1, -0.05) is 15.9 Å². The van der Waals surface area contributed by atoms with E-state index in [2.05, 4.69) is 15.9 Å². The molecule has 0 aromatic heterocycles. The lowest BCUT2D eigenvalue weighted by Gasteiger charge is -2.26. The molecule has 108 valence electrons. The highest BCUT2D eigenvalue weighted by Crippen LogP contribution is 2.25. The summed E-state index contributed by atoms with van der Waals surface area (Å²) in [6, 6.07) is 0.141. The molecular formula is C13H21BrN2O3. The summed E-state index contributed by atoms with van der Waals surface area (Å²) >= 11 is 3.48. The molecule has 0 spiro atoms. The lowest BCUT2D eigenvalue weighted by atomic mass is 10.2. The van der Waals surface area contributed by atoms with Crippen LogP contribution in [-0.4, -0.2) is 57.9 Å². The molecular weight excluding hydrogens is 312 g/mol. The molecule has 0 saturated carbocycles. The van der Waals surface area contributed by atoms with Crippen LogP contribution in [0.1, 0.15) is 33.6 Å². The molecule has 0 bridgehead atoms. The van der Waals surface area contributed by atoms with E-state index in [1.807, 2.05) is 25.7 Å². The molecule has 2 saturated heterocycles. The monoisotopic (exact) mass is 332 g/mol. The molecule has 2 amide bonds. The maximum Gasteiger partial charge on any atom is 0.410 e. The minimum absolute atomic E-state index is 0.141. The molecule has 2 fully saturated rings. The van der Waals surface area contributed by atoms with Gasteiger partial charge in [0.25, 0.3) is 0 Å². The maximum absolute atomic E-state index is 12.0. The predicted molar refractivity (Wildman–Crippen MR) is 75.3 cm³/mol. The number of alkyl halides is 1. The first-order valence-electron chi connectivity index (χ1n) is 6.68. The van der Waals surface area contributed by atoms with E-state index in [1.165, 1.54) is 0 Å². The van der Waals surface area contributed by atoms with Gasteiger partial charge in [-0.25, -0.2) is 4.79 Å². The minimum Gasteiger partial charge on any atom is -0.444 e. The predicted octanol–water partition coefficient (Wildman–Crippen LogP) is 1.99. The Labute approximate surface area is 122 Å². The van der Waals surface area contributed by atoms with Crippen LogP contribution in [0, 0.1) is 0 Å². The topological polar surface area (TPSA) is 49.9 Å². The van der Waals surface area contributed by atoms with E-state index < -0.39 is 5.60 Å². The van der Waals surface area contributed by atoms with Crippen LogP contribution in [0.25, 0.3) is 0 Å². The number of amides is 2. The second kappa shape index (κ2) is 5.31. The molecule has 5 nitrogen and oxygen atoms in total. The van der Waals surface area contributed by atoms with Crippen molar-refractivity contribution >= 4 is 27.9 Å². The van der Waals surface area contributed by atoms with E-state index >= 15 is 0 Å². The third-order valence-electron chi connectivity index (χ3n) is 3.37. The third kappa shape index (κ3) is 3.61. The van der Waals surface area contributed by atoms with E-state index in [0.29, 0.717) is 19.5 Å². The van der Waals surface area contributed by atoms with Crippen LogP contribution in [0.15, 0.2) is 0 Å². The van der Waals surface area contributed by atoms with Crippen molar-refractivity contribution in [3.63, 3.8) is 0 Å². The quantitative estimate of drug-likeness (QED) is 0.690. The lowest BCUT2D eigenvalue weighted by Crippen LogP contribution is -2.41. The first kappa shape index (κ1) is 14.6. The first-order valence-corrected chi connectivity index (χ1v) is 7.59. The average Bonchev–Trinajstić information content (AvgIpc) is 2.82. The Bertz CT molecular complexity index is 381. The van der Waals surface area contributed by atoms with Gasteiger partial charge in [-0.3, -0.25) is 4.79 Å². The summed E-state index contributed by atoms with van der Waals surface area (Å²) in [5.74, 6) is 0.179. The molecule has 6 heteroatoms. The van der Waals surface area contributed by atoms with Gasteiger partial charge >= 0.3 is 6.09 Å². The molecule has 2 aliphatic heterocycles. The zero-order valence-electron chi connectivity index (χ0n) is 11.7. The van der Waals surface area contributed by atoms with Crippen molar-refractivity contribution < 1.29 is 14.3 Å². The van der Waals surface area contributed by atoms with Crippen molar-refractivity contribution in [2.75, 3.05) is 19.6 Å². The number of likely N-dealkylation sites (tertiary alicyclic amines) is 2. The number of carbonyl (C=O) groups excluding carboxylic acids is 2. The van der Waals surface area contributed by atoms with E-state index in [9.17, 15) is 9.59 Å². The molecule has 19 heavy (non-hydrogen) atoms. The Hall–Kier alpha value is -0.780. The number of carbonyl (C=O) groups is 2. The zero-order chi connectivity index (χ0) is 14.2. The summed E-state index contributed by atoms with van der Waals surface area (Å²) < 4.78 is 5.35. The molecule has 2 unspecified atom stereocenters. The van der Waals surface area contributed by atoms with Gasteiger partial charge in [-0.15, -0.1) is 0 Å². The standard InChI is InChI=1S/C13H21BrN2O3/c1-13(2,3)19-12(18)15-5-4-10(8-15)16-7-9(14)6-11(16)17/h9-10H,4-8H2,1-3H3. The molecule has 2 heterocycles. The Kier molecular flexibility index (Phi) is 4.08. The van der Waals surface area contributed by atoms with Gasteiger partial charge in [0.15, 0.2) is 0 Å². The summed E-state index contributed by atoms with van der Waals surface area (Å²) in [6.45, 7) is 7.57. The van der Waals surface area contributed by atoms with E-state index in [4.69, 9.17) is 4.74 Å². The number of hydrogen-bond donors (Lipinski definition) is 0. The van der Waals surface area contributed by atoms with Gasteiger partial charge in [0.05, 0.1) is 6.04 Å². The van der Waals surface area contributed by atoms with Crippen LogP contribution >= 0.6 is 15.9 Å². The Morgan fingerprint density at radius 3 is 2.58 bits per heavy atom. The smallest absolute Gasteiger partial charge is 0.410 e. The first-order chi connectivity index (χ1) is 8.76. The fraction of sp³-hybridized carbons (Fsp3) is 0.846. The maximum atomic E-state index is 12.0. The van der Waals surface area contributed by atoms with Gasteiger partial charge in [0.2, 0.25) is 5.91 Å². The molecule has 2 rings (SSSR count). The van der Waals surface area contributed by atoms with Gasteiger partial charge in [0, 0.05) is 30.9 Å². The number of ether oxygens (including phenoxy) is 1. The van der Waals surface area contributed by atoms with Crippen LogP contribution < -0.4 is 0 Å². The highest BCUT2D eigenvalue weighted by atomic mass is 79.9. The zero-order valence-corrected chi connectivity index (χ0v) is 13.3. The fourth-order valence-corrected chi connectivity index (χ4v) is 3.12. The molecule has 0 radical (unpaired) electrons. The Morgan fingerprint density at radius 1 is 1.37 bits per heavy atom. The summed E-state index contributed by atoms with van der Waals surface area (Å²) in [7, 11) is 0. The summed E-state index contributed by atoms with van der Waals surface area (Å²) in [4.78, 5) is 27.6. The fourth-order valence-electron chi connectivity index (χ4n) is 2.53. The average molecular weight is 333 g/mol. The highest BCUT2D eigenvalue weighted by molar-refractivity contribution is 9.09. The van der Waals surface area contributed by atoms with Crippen LogP contribution in [0.4, 0.5) is 4.79 Å². The highest BCUT2D eigenvalue weighted by Gasteiger charge is 2.38. The van der Waals surface area contributed by atoms with Crippen LogP contribution in [-0.2, 0) is 9.53 Å². The minimum atomic E-state index is -0.473. The normalized spacial score (nSPS) is 28.1. The molecule has 0 aliphatic carbocycles. The molecule has 0 N–H and O–H groups in total. The second-order valence-corrected chi connectivity index (χ2v) is 7.51.